The van der Waals surface area contributed by atoms with Gasteiger partial charge < -0.3 is 19.9 Å². The van der Waals surface area contributed by atoms with Crippen molar-refractivity contribution in [2.75, 3.05) is 20.8 Å². The zero-order valence-corrected chi connectivity index (χ0v) is 13.5. The Hall–Kier alpha value is -1.26. The van der Waals surface area contributed by atoms with Crippen molar-refractivity contribution in [3.63, 3.8) is 0 Å². The number of nitrogens with one attached hydrogen (secondary N) is 1. The lowest BCUT2D eigenvalue weighted by Crippen LogP contribution is -2.39. The summed E-state index contributed by atoms with van der Waals surface area (Å²) in [5.41, 5.74) is 1.80. The Labute approximate surface area is 127 Å². The lowest BCUT2D eigenvalue weighted by Gasteiger charge is -2.26. The summed E-state index contributed by atoms with van der Waals surface area (Å²) in [6.45, 7) is 4.83. The summed E-state index contributed by atoms with van der Waals surface area (Å²) in [5.74, 6) is 1.49. The molecule has 21 heavy (non-hydrogen) atoms. The monoisotopic (exact) mass is 293 g/mol. The van der Waals surface area contributed by atoms with Crippen LogP contribution in [0.1, 0.15) is 49.8 Å². The van der Waals surface area contributed by atoms with Gasteiger partial charge >= 0.3 is 0 Å². The first-order valence-electron chi connectivity index (χ1n) is 7.67. The third-order valence-corrected chi connectivity index (χ3v) is 4.51. The van der Waals surface area contributed by atoms with E-state index in [0.29, 0.717) is 6.54 Å². The quantitative estimate of drug-likeness (QED) is 0.846. The Morgan fingerprint density at radius 1 is 1.19 bits per heavy atom. The van der Waals surface area contributed by atoms with Crippen LogP contribution in [0, 0.1) is 6.92 Å². The highest BCUT2D eigenvalue weighted by atomic mass is 16.5. The molecule has 0 radical (unpaired) electrons. The molecule has 0 aromatic heterocycles. The largest absolute Gasteiger partial charge is 0.493 e. The topological polar surface area (TPSA) is 50.7 Å². The van der Waals surface area contributed by atoms with Gasteiger partial charge in [0.2, 0.25) is 0 Å². The van der Waals surface area contributed by atoms with Crippen LogP contribution in [0.3, 0.4) is 0 Å². The molecule has 1 saturated carbocycles. The van der Waals surface area contributed by atoms with E-state index in [1.54, 1.807) is 14.2 Å². The second kappa shape index (κ2) is 6.67. The van der Waals surface area contributed by atoms with E-state index < -0.39 is 5.60 Å². The van der Waals surface area contributed by atoms with Gasteiger partial charge in [0.1, 0.15) is 0 Å². The summed E-state index contributed by atoms with van der Waals surface area (Å²) < 4.78 is 10.7. The van der Waals surface area contributed by atoms with Gasteiger partial charge in [-0.15, -0.1) is 0 Å². The molecule has 1 aliphatic rings. The van der Waals surface area contributed by atoms with Gasteiger partial charge in [-0.3, -0.25) is 0 Å². The first kappa shape index (κ1) is 16.1. The van der Waals surface area contributed by atoms with Crippen molar-refractivity contribution < 1.29 is 14.6 Å². The lowest BCUT2D eigenvalue weighted by atomic mass is 9.98. The smallest absolute Gasteiger partial charge is 0.161 e. The molecule has 1 aromatic carbocycles. The number of aryl methyl sites for hydroxylation is 1. The molecule has 0 aliphatic heterocycles. The zero-order valence-electron chi connectivity index (χ0n) is 13.5. The third-order valence-electron chi connectivity index (χ3n) is 4.51. The summed E-state index contributed by atoms with van der Waals surface area (Å²) in [5, 5.41) is 13.9. The van der Waals surface area contributed by atoms with Crippen LogP contribution in [0.4, 0.5) is 0 Å². The summed E-state index contributed by atoms with van der Waals surface area (Å²) in [7, 11) is 3.30. The second-order valence-electron chi connectivity index (χ2n) is 6.10. The SMILES string of the molecule is COc1cc(C)c(C(C)NCC2(O)CCCC2)cc1OC. The van der Waals surface area contributed by atoms with E-state index in [0.717, 1.165) is 42.7 Å². The van der Waals surface area contributed by atoms with Crippen molar-refractivity contribution in [1.82, 2.24) is 5.32 Å². The molecule has 1 fully saturated rings. The average molecular weight is 293 g/mol. The molecule has 1 unspecified atom stereocenters. The van der Waals surface area contributed by atoms with E-state index in [9.17, 15) is 5.11 Å². The summed E-state index contributed by atoms with van der Waals surface area (Å²) >= 11 is 0. The molecule has 118 valence electrons. The maximum Gasteiger partial charge on any atom is 0.161 e. The second-order valence-corrected chi connectivity index (χ2v) is 6.10. The number of hydrogen-bond acceptors (Lipinski definition) is 4. The van der Waals surface area contributed by atoms with Gasteiger partial charge in [-0.05, 0) is 49.9 Å². The standard InChI is InChI=1S/C17H27NO3/c1-12-9-15(20-3)16(21-4)10-14(12)13(2)18-11-17(19)7-5-6-8-17/h9-10,13,18-19H,5-8,11H2,1-4H3. The van der Waals surface area contributed by atoms with Gasteiger partial charge in [-0.2, -0.15) is 0 Å². The Bertz CT molecular complexity index is 481. The Morgan fingerprint density at radius 2 is 1.76 bits per heavy atom. The number of hydrogen-bond donors (Lipinski definition) is 2. The molecule has 2 N–H and O–H groups in total. The minimum atomic E-state index is -0.529. The van der Waals surface area contributed by atoms with E-state index in [2.05, 4.69) is 19.2 Å². The fraction of sp³-hybridized carbons (Fsp3) is 0.647. The molecule has 0 heterocycles. The molecule has 0 bridgehead atoms. The van der Waals surface area contributed by atoms with Crippen LogP contribution < -0.4 is 14.8 Å². The van der Waals surface area contributed by atoms with Crippen molar-refractivity contribution in [1.29, 1.82) is 0 Å². The molecule has 0 amide bonds. The minimum Gasteiger partial charge on any atom is -0.493 e. The van der Waals surface area contributed by atoms with Crippen molar-refractivity contribution in [2.45, 2.75) is 51.2 Å². The first-order chi connectivity index (χ1) is 9.99. The van der Waals surface area contributed by atoms with Gasteiger partial charge in [0.15, 0.2) is 11.5 Å². The van der Waals surface area contributed by atoms with Crippen LogP contribution in [-0.2, 0) is 0 Å². The number of aliphatic hydroxyl groups is 1. The molecule has 0 saturated heterocycles. The summed E-state index contributed by atoms with van der Waals surface area (Å²) in [6.07, 6.45) is 4.05. The number of rotatable bonds is 6. The van der Waals surface area contributed by atoms with E-state index in [1.165, 1.54) is 5.56 Å². The molecule has 1 aliphatic carbocycles. The summed E-state index contributed by atoms with van der Waals surface area (Å²) in [6, 6.07) is 4.18. The Kier molecular flexibility index (Phi) is 5.12. The molecule has 0 spiro atoms. The molecular weight excluding hydrogens is 266 g/mol. The number of ether oxygens (including phenoxy) is 2. The predicted molar refractivity (Wildman–Crippen MR) is 84.1 cm³/mol. The van der Waals surface area contributed by atoms with Crippen LogP contribution in [0.25, 0.3) is 0 Å². The van der Waals surface area contributed by atoms with E-state index in [-0.39, 0.29) is 6.04 Å². The van der Waals surface area contributed by atoms with Crippen molar-refractivity contribution in [3.8, 4) is 11.5 Å². The van der Waals surface area contributed by atoms with Gasteiger partial charge in [0.25, 0.3) is 0 Å². The van der Waals surface area contributed by atoms with Crippen molar-refractivity contribution >= 4 is 0 Å². The highest BCUT2D eigenvalue weighted by Crippen LogP contribution is 2.34. The molecule has 1 aromatic rings. The van der Waals surface area contributed by atoms with Gasteiger partial charge in [0.05, 0.1) is 19.8 Å². The highest BCUT2D eigenvalue weighted by Gasteiger charge is 2.31. The fourth-order valence-electron chi connectivity index (χ4n) is 3.13. The van der Waals surface area contributed by atoms with Crippen molar-refractivity contribution in [3.05, 3.63) is 23.3 Å². The molecule has 1 atom stereocenters. The minimum absolute atomic E-state index is 0.162. The van der Waals surface area contributed by atoms with Crippen LogP contribution in [0.2, 0.25) is 0 Å². The zero-order chi connectivity index (χ0) is 15.5. The maximum atomic E-state index is 10.4. The fourth-order valence-corrected chi connectivity index (χ4v) is 3.13. The molecule has 4 nitrogen and oxygen atoms in total. The molecule has 2 rings (SSSR count). The molecular formula is C17H27NO3. The Morgan fingerprint density at radius 3 is 2.33 bits per heavy atom. The molecule has 4 heteroatoms. The van der Waals surface area contributed by atoms with Gasteiger partial charge in [-0.25, -0.2) is 0 Å². The van der Waals surface area contributed by atoms with E-state index >= 15 is 0 Å². The van der Waals surface area contributed by atoms with Crippen LogP contribution in [0.15, 0.2) is 12.1 Å². The van der Waals surface area contributed by atoms with Crippen LogP contribution in [0.5, 0.6) is 11.5 Å². The number of methoxy groups -OCH3 is 2. The number of benzene rings is 1. The van der Waals surface area contributed by atoms with Gasteiger partial charge in [-0.1, -0.05) is 12.8 Å². The normalized spacial score (nSPS) is 18.5. The summed E-state index contributed by atoms with van der Waals surface area (Å²) in [4.78, 5) is 0. The van der Waals surface area contributed by atoms with E-state index in [1.807, 2.05) is 12.1 Å². The predicted octanol–water partition coefficient (Wildman–Crippen LogP) is 2.97. The average Bonchev–Trinajstić information content (AvgIpc) is 2.91. The van der Waals surface area contributed by atoms with Crippen molar-refractivity contribution in [2.24, 2.45) is 0 Å². The maximum absolute atomic E-state index is 10.4. The highest BCUT2D eigenvalue weighted by molar-refractivity contribution is 5.47. The van der Waals surface area contributed by atoms with Gasteiger partial charge in [0, 0.05) is 12.6 Å². The first-order valence-corrected chi connectivity index (χ1v) is 7.67. The van der Waals surface area contributed by atoms with Crippen LogP contribution >= 0.6 is 0 Å². The van der Waals surface area contributed by atoms with E-state index in [4.69, 9.17) is 9.47 Å². The van der Waals surface area contributed by atoms with Crippen LogP contribution in [-0.4, -0.2) is 31.5 Å². The third kappa shape index (κ3) is 3.69. The Balaban J connectivity index is 2.09. The lowest BCUT2D eigenvalue weighted by molar-refractivity contribution is 0.0453.